The highest BCUT2D eigenvalue weighted by Crippen LogP contribution is 2.20. The minimum absolute atomic E-state index is 0.0241. The van der Waals surface area contributed by atoms with Gasteiger partial charge in [0.15, 0.2) is 6.61 Å². The normalized spacial score (nSPS) is 11.4. The first-order valence-electron chi connectivity index (χ1n) is 8.54. The van der Waals surface area contributed by atoms with Gasteiger partial charge in [0, 0.05) is 13.6 Å². The van der Waals surface area contributed by atoms with Gasteiger partial charge in [-0.05, 0) is 24.3 Å². The van der Waals surface area contributed by atoms with Gasteiger partial charge in [0.25, 0.3) is 11.8 Å². The van der Waals surface area contributed by atoms with Gasteiger partial charge in [-0.1, -0.05) is 31.2 Å². The van der Waals surface area contributed by atoms with E-state index in [0.29, 0.717) is 0 Å². The third kappa shape index (κ3) is 5.54. The van der Waals surface area contributed by atoms with Crippen LogP contribution in [-0.2, 0) is 9.59 Å². The molecule has 0 saturated carbocycles. The van der Waals surface area contributed by atoms with E-state index < -0.39 is 36.1 Å². The molecule has 0 fully saturated rings. The molecular formula is C20H21FN2O5. The van der Waals surface area contributed by atoms with E-state index in [9.17, 15) is 18.8 Å². The molecule has 0 aliphatic rings. The molecule has 0 bridgehead atoms. The van der Waals surface area contributed by atoms with Gasteiger partial charge >= 0.3 is 5.97 Å². The van der Waals surface area contributed by atoms with Crippen molar-refractivity contribution in [3.8, 4) is 5.75 Å². The van der Waals surface area contributed by atoms with Gasteiger partial charge in [0.05, 0.1) is 17.2 Å². The Labute approximate surface area is 161 Å². The first-order chi connectivity index (χ1) is 13.3. The molecule has 1 unspecified atom stereocenters. The van der Waals surface area contributed by atoms with Gasteiger partial charge < -0.3 is 20.1 Å². The second-order valence-corrected chi connectivity index (χ2v) is 6.24. The molecule has 2 aromatic carbocycles. The highest BCUT2D eigenvalue weighted by atomic mass is 19.1. The average molecular weight is 388 g/mol. The summed E-state index contributed by atoms with van der Waals surface area (Å²) in [7, 11) is 1.49. The summed E-state index contributed by atoms with van der Waals surface area (Å²) in [6, 6.07) is 12.1. The number of para-hydroxylation sites is 2. The number of carboxylic acids is 1. The van der Waals surface area contributed by atoms with Gasteiger partial charge in [-0.3, -0.25) is 14.4 Å². The SMILES string of the molecule is CC(CN(C)C(=O)c1ccccc1OCC(=O)Nc1ccccc1F)C(=O)O. The number of benzene rings is 2. The first-order valence-corrected chi connectivity index (χ1v) is 8.54. The van der Waals surface area contributed by atoms with Crippen LogP contribution in [0, 0.1) is 11.7 Å². The monoisotopic (exact) mass is 388 g/mol. The third-order valence-corrected chi connectivity index (χ3v) is 3.94. The van der Waals surface area contributed by atoms with Crippen molar-refractivity contribution in [1.82, 2.24) is 4.90 Å². The molecule has 0 aliphatic carbocycles. The van der Waals surface area contributed by atoms with Gasteiger partial charge in [-0.15, -0.1) is 0 Å². The summed E-state index contributed by atoms with van der Waals surface area (Å²) in [5.41, 5.74) is 0.226. The number of carbonyl (C=O) groups excluding carboxylic acids is 2. The minimum atomic E-state index is -1.01. The summed E-state index contributed by atoms with van der Waals surface area (Å²) in [5.74, 6) is -3.15. The number of amides is 2. The quantitative estimate of drug-likeness (QED) is 0.725. The number of hydrogen-bond donors (Lipinski definition) is 2. The molecule has 0 radical (unpaired) electrons. The lowest BCUT2D eigenvalue weighted by Crippen LogP contribution is -2.34. The van der Waals surface area contributed by atoms with Crippen LogP contribution in [0.25, 0.3) is 0 Å². The van der Waals surface area contributed by atoms with Gasteiger partial charge in [-0.2, -0.15) is 0 Å². The van der Waals surface area contributed by atoms with Crippen LogP contribution in [0.15, 0.2) is 48.5 Å². The van der Waals surface area contributed by atoms with Crippen molar-refractivity contribution in [2.24, 2.45) is 5.92 Å². The van der Waals surface area contributed by atoms with E-state index in [1.807, 2.05) is 0 Å². The van der Waals surface area contributed by atoms with E-state index in [4.69, 9.17) is 9.84 Å². The Kier molecular flexibility index (Phi) is 7.08. The van der Waals surface area contributed by atoms with Gasteiger partial charge in [0.2, 0.25) is 0 Å². The summed E-state index contributed by atoms with van der Waals surface area (Å²) < 4.78 is 19.0. The Hall–Kier alpha value is -3.42. The van der Waals surface area contributed by atoms with Crippen molar-refractivity contribution in [2.75, 3.05) is 25.5 Å². The summed E-state index contributed by atoms with van der Waals surface area (Å²) >= 11 is 0. The average Bonchev–Trinajstić information content (AvgIpc) is 2.67. The summed E-state index contributed by atoms with van der Waals surface area (Å²) in [6.45, 7) is 1.10. The predicted molar refractivity (Wildman–Crippen MR) is 101 cm³/mol. The lowest BCUT2D eigenvalue weighted by atomic mass is 10.1. The zero-order valence-corrected chi connectivity index (χ0v) is 15.5. The molecular weight excluding hydrogens is 367 g/mol. The molecule has 0 spiro atoms. The zero-order valence-electron chi connectivity index (χ0n) is 15.5. The maximum Gasteiger partial charge on any atom is 0.308 e. The fourth-order valence-corrected chi connectivity index (χ4v) is 2.44. The Balaban J connectivity index is 2.03. The molecule has 8 heteroatoms. The zero-order chi connectivity index (χ0) is 20.7. The maximum absolute atomic E-state index is 13.6. The summed E-state index contributed by atoms with van der Waals surface area (Å²) in [6.07, 6.45) is 0. The third-order valence-electron chi connectivity index (χ3n) is 3.94. The molecule has 2 rings (SSSR count). The molecule has 0 aromatic heterocycles. The fraction of sp³-hybridized carbons (Fsp3) is 0.250. The minimum Gasteiger partial charge on any atom is -0.483 e. The number of aliphatic carboxylic acids is 1. The first kappa shape index (κ1) is 20.9. The lowest BCUT2D eigenvalue weighted by molar-refractivity contribution is -0.141. The molecule has 0 aliphatic heterocycles. The smallest absolute Gasteiger partial charge is 0.308 e. The van der Waals surface area contributed by atoms with Crippen LogP contribution in [0.5, 0.6) is 5.75 Å². The van der Waals surface area contributed by atoms with Crippen LogP contribution >= 0.6 is 0 Å². The number of nitrogens with one attached hydrogen (secondary N) is 1. The fourth-order valence-electron chi connectivity index (χ4n) is 2.44. The standard InChI is InChI=1S/C20H21FN2O5/c1-13(20(26)27)11-23(2)19(25)14-7-3-6-10-17(14)28-12-18(24)22-16-9-5-4-8-15(16)21/h3-10,13H,11-12H2,1-2H3,(H,22,24)(H,26,27). The number of rotatable bonds is 8. The molecule has 2 N–H and O–H groups in total. The number of halogens is 1. The number of nitrogens with zero attached hydrogens (tertiary/aromatic N) is 1. The number of carboxylic acid groups (broad SMARTS) is 1. The van der Waals surface area contributed by atoms with E-state index >= 15 is 0 Å². The maximum atomic E-state index is 13.6. The summed E-state index contributed by atoms with van der Waals surface area (Å²) in [4.78, 5) is 36.9. The molecule has 0 heterocycles. The number of carbonyl (C=O) groups is 3. The molecule has 28 heavy (non-hydrogen) atoms. The van der Waals surface area contributed by atoms with Crippen molar-refractivity contribution < 1.29 is 28.6 Å². The molecule has 2 aromatic rings. The van der Waals surface area contributed by atoms with Gasteiger partial charge in [0.1, 0.15) is 11.6 Å². The van der Waals surface area contributed by atoms with Crippen molar-refractivity contribution >= 4 is 23.5 Å². The number of anilines is 1. The van der Waals surface area contributed by atoms with Crippen molar-refractivity contribution in [1.29, 1.82) is 0 Å². The second kappa shape index (κ2) is 9.50. The van der Waals surface area contributed by atoms with Crippen LogP contribution in [0.2, 0.25) is 0 Å². The van der Waals surface area contributed by atoms with E-state index in [2.05, 4.69) is 5.32 Å². The molecule has 148 valence electrons. The highest BCUT2D eigenvalue weighted by molar-refractivity contribution is 5.97. The van der Waals surface area contributed by atoms with Crippen molar-refractivity contribution in [2.45, 2.75) is 6.92 Å². The number of hydrogen-bond acceptors (Lipinski definition) is 4. The van der Waals surface area contributed by atoms with E-state index in [1.54, 1.807) is 18.2 Å². The Morgan fingerprint density at radius 1 is 1.14 bits per heavy atom. The van der Waals surface area contributed by atoms with Gasteiger partial charge in [-0.25, -0.2) is 4.39 Å². The van der Waals surface area contributed by atoms with Crippen LogP contribution in [-0.4, -0.2) is 48.0 Å². The Morgan fingerprint density at radius 3 is 2.46 bits per heavy atom. The lowest BCUT2D eigenvalue weighted by Gasteiger charge is -2.21. The largest absolute Gasteiger partial charge is 0.483 e. The summed E-state index contributed by atoms with van der Waals surface area (Å²) in [5, 5.41) is 11.4. The molecule has 1 atom stereocenters. The van der Waals surface area contributed by atoms with E-state index in [1.165, 1.54) is 49.2 Å². The van der Waals surface area contributed by atoms with Crippen molar-refractivity contribution in [3.05, 3.63) is 59.9 Å². The van der Waals surface area contributed by atoms with Crippen LogP contribution in [0.4, 0.5) is 10.1 Å². The Morgan fingerprint density at radius 2 is 1.79 bits per heavy atom. The topological polar surface area (TPSA) is 95.9 Å². The second-order valence-electron chi connectivity index (χ2n) is 6.24. The predicted octanol–water partition coefficient (Wildman–Crippen LogP) is 2.64. The van der Waals surface area contributed by atoms with Crippen LogP contribution in [0.3, 0.4) is 0 Å². The molecule has 0 saturated heterocycles. The Bertz CT molecular complexity index is 871. The molecule has 2 amide bonds. The van der Waals surface area contributed by atoms with Crippen LogP contribution < -0.4 is 10.1 Å². The van der Waals surface area contributed by atoms with E-state index in [0.717, 1.165) is 0 Å². The van der Waals surface area contributed by atoms with E-state index in [-0.39, 0.29) is 23.5 Å². The number of ether oxygens (including phenoxy) is 1. The van der Waals surface area contributed by atoms with Crippen molar-refractivity contribution in [3.63, 3.8) is 0 Å². The molecule has 7 nitrogen and oxygen atoms in total. The highest BCUT2D eigenvalue weighted by Gasteiger charge is 2.21. The van der Waals surface area contributed by atoms with Crippen LogP contribution in [0.1, 0.15) is 17.3 Å².